The molecule has 2 N–H and O–H groups in total. The first kappa shape index (κ1) is 15.1. The number of rotatable bonds is 1. The van der Waals surface area contributed by atoms with Gasteiger partial charge in [0.15, 0.2) is 5.54 Å². The maximum absolute atomic E-state index is 14.2. The second kappa shape index (κ2) is 5.31. The molecule has 0 aromatic heterocycles. The molecular formula is C17H12BrFN2O3. The van der Waals surface area contributed by atoms with Gasteiger partial charge in [-0.2, -0.15) is 0 Å². The van der Waals surface area contributed by atoms with Crippen LogP contribution in [0.4, 0.5) is 9.18 Å². The highest BCUT2D eigenvalue weighted by Gasteiger charge is 2.53. The Labute approximate surface area is 145 Å². The highest BCUT2D eigenvalue weighted by atomic mass is 79.9. The van der Waals surface area contributed by atoms with E-state index in [2.05, 4.69) is 26.6 Å². The van der Waals surface area contributed by atoms with E-state index in [1.807, 2.05) is 0 Å². The molecule has 2 aromatic rings. The van der Waals surface area contributed by atoms with Crippen LogP contribution in [0.1, 0.15) is 23.7 Å². The Kier molecular flexibility index (Phi) is 3.35. The van der Waals surface area contributed by atoms with Crippen LogP contribution in [0.25, 0.3) is 0 Å². The number of imide groups is 1. The topological polar surface area (TPSA) is 67.4 Å². The van der Waals surface area contributed by atoms with E-state index < -0.39 is 29.4 Å². The zero-order valence-electron chi connectivity index (χ0n) is 12.3. The molecular weight excluding hydrogens is 379 g/mol. The van der Waals surface area contributed by atoms with Crippen LogP contribution in [0.15, 0.2) is 46.9 Å². The van der Waals surface area contributed by atoms with Crippen molar-refractivity contribution in [2.45, 2.75) is 18.1 Å². The lowest BCUT2D eigenvalue weighted by molar-refractivity contribution is -0.126. The van der Waals surface area contributed by atoms with Gasteiger partial charge in [0.25, 0.3) is 5.91 Å². The molecule has 0 saturated carbocycles. The van der Waals surface area contributed by atoms with E-state index in [1.165, 1.54) is 6.07 Å². The normalized spacial score (nSPS) is 25.0. The maximum Gasteiger partial charge on any atom is 0.322 e. The summed E-state index contributed by atoms with van der Waals surface area (Å²) < 4.78 is 20.9. The number of urea groups is 1. The second-order valence-electron chi connectivity index (χ2n) is 5.79. The summed E-state index contributed by atoms with van der Waals surface area (Å²) in [5, 5.41) is 4.97. The van der Waals surface area contributed by atoms with E-state index in [-0.39, 0.29) is 6.42 Å². The number of amides is 3. The molecule has 0 bridgehead atoms. The van der Waals surface area contributed by atoms with E-state index in [4.69, 9.17) is 4.74 Å². The Morgan fingerprint density at radius 3 is 2.71 bits per heavy atom. The zero-order valence-corrected chi connectivity index (χ0v) is 13.9. The van der Waals surface area contributed by atoms with Crippen LogP contribution in [0.3, 0.4) is 0 Å². The molecule has 5 nitrogen and oxygen atoms in total. The summed E-state index contributed by atoms with van der Waals surface area (Å²) >= 11 is 3.37. The van der Waals surface area contributed by atoms with Gasteiger partial charge in [0, 0.05) is 22.0 Å². The van der Waals surface area contributed by atoms with Gasteiger partial charge in [-0.1, -0.05) is 34.1 Å². The van der Waals surface area contributed by atoms with Gasteiger partial charge in [-0.15, -0.1) is 0 Å². The van der Waals surface area contributed by atoms with Gasteiger partial charge in [-0.05, 0) is 24.3 Å². The quantitative estimate of drug-likeness (QED) is 0.735. The van der Waals surface area contributed by atoms with Gasteiger partial charge < -0.3 is 10.1 Å². The minimum Gasteiger partial charge on any atom is -0.485 e. The van der Waals surface area contributed by atoms with Crippen molar-refractivity contribution >= 4 is 27.9 Å². The Morgan fingerprint density at radius 1 is 1.21 bits per heavy atom. The van der Waals surface area contributed by atoms with Crippen molar-refractivity contribution in [1.29, 1.82) is 0 Å². The van der Waals surface area contributed by atoms with Crippen LogP contribution in [-0.4, -0.2) is 11.9 Å². The molecule has 4 rings (SSSR count). The fourth-order valence-electron chi connectivity index (χ4n) is 3.26. The third kappa shape index (κ3) is 2.19. The van der Waals surface area contributed by atoms with E-state index in [1.54, 1.807) is 36.4 Å². The molecule has 1 fully saturated rings. The number of nitrogens with one attached hydrogen (secondary N) is 2. The lowest BCUT2D eigenvalue weighted by Gasteiger charge is -2.38. The molecule has 2 heterocycles. The van der Waals surface area contributed by atoms with Crippen LogP contribution in [-0.2, 0) is 10.3 Å². The standard InChI is InChI=1S/C17H12BrFN2O3/c18-9-5-6-13-11(7-9)17(15(22)20-16(23)21-17)8-14(24-13)10-3-1-2-4-12(10)19/h1-7,14H,8H2,(H2,20,21,22,23). The molecule has 122 valence electrons. The average molecular weight is 391 g/mol. The largest absolute Gasteiger partial charge is 0.485 e. The van der Waals surface area contributed by atoms with Crippen LogP contribution < -0.4 is 15.4 Å². The molecule has 1 saturated heterocycles. The van der Waals surface area contributed by atoms with Crippen molar-refractivity contribution in [3.63, 3.8) is 0 Å². The van der Waals surface area contributed by atoms with Gasteiger partial charge in [-0.25, -0.2) is 9.18 Å². The summed E-state index contributed by atoms with van der Waals surface area (Å²) in [5.41, 5.74) is -0.381. The molecule has 24 heavy (non-hydrogen) atoms. The van der Waals surface area contributed by atoms with Crippen LogP contribution in [0, 0.1) is 5.82 Å². The monoisotopic (exact) mass is 390 g/mol. The number of carbonyl (C=O) groups is 2. The highest BCUT2D eigenvalue weighted by Crippen LogP contribution is 2.47. The number of hydrogen-bond donors (Lipinski definition) is 2. The summed E-state index contributed by atoms with van der Waals surface area (Å²) in [6.45, 7) is 0. The van der Waals surface area contributed by atoms with Crippen LogP contribution in [0.2, 0.25) is 0 Å². The fraction of sp³-hybridized carbons (Fsp3) is 0.176. The van der Waals surface area contributed by atoms with Crippen molar-refractivity contribution < 1.29 is 18.7 Å². The van der Waals surface area contributed by atoms with Gasteiger partial charge in [0.2, 0.25) is 0 Å². The minimum absolute atomic E-state index is 0.106. The lowest BCUT2D eigenvalue weighted by Crippen LogP contribution is -2.48. The lowest BCUT2D eigenvalue weighted by atomic mass is 9.80. The first-order valence-electron chi connectivity index (χ1n) is 7.34. The number of fused-ring (bicyclic) bond motifs is 2. The first-order valence-corrected chi connectivity index (χ1v) is 8.13. The van der Waals surface area contributed by atoms with Gasteiger partial charge >= 0.3 is 6.03 Å². The van der Waals surface area contributed by atoms with Gasteiger partial charge in [0.05, 0.1) is 0 Å². The van der Waals surface area contributed by atoms with Crippen molar-refractivity contribution in [1.82, 2.24) is 10.6 Å². The maximum atomic E-state index is 14.2. The zero-order chi connectivity index (χ0) is 16.9. The first-order chi connectivity index (χ1) is 11.5. The summed E-state index contributed by atoms with van der Waals surface area (Å²) in [7, 11) is 0. The Morgan fingerprint density at radius 2 is 2.00 bits per heavy atom. The number of ether oxygens (including phenoxy) is 1. The molecule has 0 radical (unpaired) electrons. The second-order valence-corrected chi connectivity index (χ2v) is 6.70. The number of carbonyl (C=O) groups excluding carboxylic acids is 2. The molecule has 3 amide bonds. The minimum atomic E-state index is -1.28. The Hall–Kier alpha value is -2.41. The summed E-state index contributed by atoms with van der Waals surface area (Å²) in [4.78, 5) is 24.3. The molecule has 2 aromatic carbocycles. The van der Waals surface area contributed by atoms with E-state index in [0.29, 0.717) is 16.9 Å². The molecule has 2 atom stereocenters. The molecule has 2 aliphatic heterocycles. The van der Waals surface area contributed by atoms with Crippen molar-refractivity contribution in [2.75, 3.05) is 0 Å². The predicted octanol–water partition coefficient (Wildman–Crippen LogP) is 3.15. The molecule has 0 aliphatic carbocycles. The highest BCUT2D eigenvalue weighted by molar-refractivity contribution is 9.10. The van der Waals surface area contributed by atoms with Gasteiger partial charge in [-0.3, -0.25) is 10.1 Å². The predicted molar refractivity (Wildman–Crippen MR) is 86.9 cm³/mol. The van der Waals surface area contributed by atoms with Crippen LogP contribution >= 0.6 is 15.9 Å². The summed E-state index contributed by atoms with van der Waals surface area (Å²) in [6.07, 6.45) is -0.585. The molecule has 2 aliphatic rings. The van der Waals surface area contributed by atoms with Crippen LogP contribution in [0.5, 0.6) is 5.75 Å². The number of hydrogen-bond acceptors (Lipinski definition) is 3. The Balaban J connectivity index is 1.87. The summed E-state index contributed by atoms with van der Waals surface area (Å²) in [5.74, 6) is -0.436. The number of halogens is 2. The van der Waals surface area contributed by atoms with Gasteiger partial charge in [0.1, 0.15) is 17.7 Å². The Bertz CT molecular complexity index is 873. The fourth-order valence-corrected chi connectivity index (χ4v) is 3.62. The molecule has 2 unspecified atom stereocenters. The van der Waals surface area contributed by atoms with E-state index >= 15 is 0 Å². The molecule has 1 spiro atoms. The van der Waals surface area contributed by atoms with Crippen molar-refractivity contribution in [3.05, 3.63) is 63.9 Å². The van der Waals surface area contributed by atoms with Crippen molar-refractivity contribution in [2.24, 2.45) is 0 Å². The molecule has 7 heteroatoms. The number of benzene rings is 2. The average Bonchev–Trinajstić information content (AvgIpc) is 2.82. The third-order valence-electron chi connectivity index (χ3n) is 4.36. The smallest absolute Gasteiger partial charge is 0.322 e. The van der Waals surface area contributed by atoms with Crippen molar-refractivity contribution in [3.8, 4) is 5.75 Å². The third-order valence-corrected chi connectivity index (χ3v) is 4.85. The van der Waals surface area contributed by atoms with E-state index in [0.717, 1.165) is 4.47 Å². The summed E-state index contributed by atoms with van der Waals surface area (Å²) in [6, 6.07) is 10.9. The SMILES string of the molecule is O=C1NC(=O)C2(CC(c3ccccc3F)Oc3ccc(Br)cc32)N1. The van der Waals surface area contributed by atoms with E-state index in [9.17, 15) is 14.0 Å².